The van der Waals surface area contributed by atoms with Crippen LogP contribution in [0.4, 0.5) is 0 Å². The summed E-state index contributed by atoms with van der Waals surface area (Å²) in [7, 11) is 1.33. The van der Waals surface area contributed by atoms with Crippen LogP contribution in [0.2, 0.25) is 0 Å². The van der Waals surface area contributed by atoms with E-state index in [-0.39, 0.29) is 5.78 Å². The fourth-order valence-corrected chi connectivity index (χ4v) is 5.04. The van der Waals surface area contributed by atoms with Gasteiger partial charge in [-0.2, -0.15) is 5.26 Å². The van der Waals surface area contributed by atoms with Crippen molar-refractivity contribution < 1.29 is 14.3 Å². The number of Topliss-reactive ketones (excluding diaryl/α,β-unsaturated/α-hetero) is 1. The lowest BCUT2D eigenvalue weighted by molar-refractivity contribution is -0.111. The summed E-state index contributed by atoms with van der Waals surface area (Å²) >= 11 is 0. The van der Waals surface area contributed by atoms with Gasteiger partial charge in [0.25, 0.3) is 0 Å². The minimum Gasteiger partial charge on any atom is -0.465 e. The number of nitriles is 1. The Labute approximate surface area is 236 Å². The quantitative estimate of drug-likeness (QED) is 0.227. The Morgan fingerprint density at radius 1 is 0.927 bits per heavy atom. The van der Waals surface area contributed by atoms with Gasteiger partial charge in [-0.05, 0) is 61.9 Å². The van der Waals surface area contributed by atoms with Gasteiger partial charge in [-0.1, -0.05) is 24.3 Å². The number of carbonyl (C=O) groups excluding carboxylic acids is 2. The van der Waals surface area contributed by atoms with Crippen LogP contribution in [-0.4, -0.2) is 38.4 Å². The molecular weight excluding hydrogens is 516 g/mol. The lowest BCUT2D eigenvalue weighted by atomic mass is 9.90. The molecule has 4 aromatic heterocycles. The van der Waals surface area contributed by atoms with Gasteiger partial charge in [0, 0.05) is 47.2 Å². The van der Waals surface area contributed by atoms with E-state index in [9.17, 15) is 14.9 Å². The third kappa shape index (κ3) is 4.61. The number of nitrogens with zero attached hydrogens (tertiary/aromatic N) is 5. The van der Waals surface area contributed by atoms with E-state index in [0.29, 0.717) is 50.4 Å². The van der Waals surface area contributed by atoms with Crippen LogP contribution in [0.1, 0.15) is 41.2 Å². The van der Waals surface area contributed by atoms with Crippen molar-refractivity contribution in [1.82, 2.24) is 19.5 Å². The molecule has 0 saturated carbocycles. The van der Waals surface area contributed by atoms with E-state index in [4.69, 9.17) is 15.5 Å². The molecule has 0 radical (unpaired) electrons. The van der Waals surface area contributed by atoms with Crippen LogP contribution in [-0.2, 0) is 15.1 Å². The van der Waals surface area contributed by atoms with E-state index in [0.717, 1.165) is 5.56 Å². The molecule has 9 heteroatoms. The molecule has 0 fully saturated rings. The molecule has 0 bridgehead atoms. The number of carbonyl (C=O) groups is 2. The molecule has 0 amide bonds. The molecule has 0 aliphatic carbocycles. The van der Waals surface area contributed by atoms with Gasteiger partial charge in [0.2, 0.25) is 5.54 Å². The smallest absolute Gasteiger partial charge is 0.337 e. The van der Waals surface area contributed by atoms with Crippen molar-refractivity contribution >= 4 is 28.4 Å². The third-order valence-electron chi connectivity index (χ3n) is 6.89. The summed E-state index contributed by atoms with van der Waals surface area (Å²) in [5.41, 5.74) is 9.73. The van der Waals surface area contributed by atoms with Crippen molar-refractivity contribution in [1.29, 1.82) is 5.26 Å². The van der Waals surface area contributed by atoms with Crippen LogP contribution >= 0.6 is 0 Å². The molecule has 5 rings (SSSR count). The Balaban J connectivity index is 1.89. The molecule has 2 N–H and O–H groups in total. The predicted octanol–water partition coefficient (Wildman–Crippen LogP) is 4.87. The predicted molar refractivity (Wildman–Crippen MR) is 154 cm³/mol. The minimum atomic E-state index is -1.50. The molecular formula is C32H26N6O3. The van der Waals surface area contributed by atoms with E-state index in [1.807, 2.05) is 18.3 Å². The molecule has 202 valence electrons. The number of hydrogen-bond acceptors (Lipinski definition) is 8. The molecule has 0 unspecified atom stereocenters. The van der Waals surface area contributed by atoms with Crippen molar-refractivity contribution in [3.05, 3.63) is 120 Å². The van der Waals surface area contributed by atoms with Crippen LogP contribution in [0, 0.1) is 11.3 Å². The lowest BCUT2D eigenvalue weighted by Gasteiger charge is -2.28. The number of aromatic nitrogens is 4. The second-order valence-electron chi connectivity index (χ2n) is 9.44. The van der Waals surface area contributed by atoms with Crippen LogP contribution in [0.3, 0.4) is 0 Å². The van der Waals surface area contributed by atoms with Gasteiger partial charge in [-0.15, -0.1) is 0 Å². The molecule has 0 aliphatic rings. The number of hydrogen-bond donors (Lipinski definition) is 1. The topological polar surface area (TPSA) is 137 Å². The highest BCUT2D eigenvalue weighted by Gasteiger charge is 2.41. The Kier molecular flexibility index (Phi) is 7.15. The molecule has 4 heterocycles. The largest absolute Gasteiger partial charge is 0.465 e. The number of methoxy groups -OCH3 is 1. The van der Waals surface area contributed by atoms with Crippen LogP contribution < -0.4 is 5.73 Å². The van der Waals surface area contributed by atoms with Crippen LogP contribution in [0.25, 0.3) is 27.7 Å². The summed E-state index contributed by atoms with van der Waals surface area (Å²) in [6, 6.07) is 22.0. The second kappa shape index (κ2) is 10.9. The Hall–Kier alpha value is -5.62. The van der Waals surface area contributed by atoms with Crippen molar-refractivity contribution in [2.45, 2.75) is 19.4 Å². The fourth-order valence-electron chi connectivity index (χ4n) is 5.04. The Bertz CT molecular complexity index is 1790. The maximum atomic E-state index is 12.6. The van der Waals surface area contributed by atoms with Crippen LogP contribution in [0.15, 0.2) is 97.2 Å². The number of allylic oxidation sites excluding steroid dienone is 2. The first-order chi connectivity index (χ1) is 19.8. The minimum absolute atomic E-state index is 0.205. The molecule has 9 nitrogen and oxygen atoms in total. The first-order valence-corrected chi connectivity index (χ1v) is 12.7. The summed E-state index contributed by atoms with van der Waals surface area (Å²) < 4.78 is 6.63. The summed E-state index contributed by atoms with van der Waals surface area (Å²) in [6.07, 6.45) is 6.68. The van der Waals surface area contributed by atoms with Crippen molar-refractivity contribution in [3.63, 3.8) is 0 Å². The first kappa shape index (κ1) is 27.0. The van der Waals surface area contributed by atoms with Gasteiger partial charge in [-0.25, -0.2) is 4.79 Å². The number of nitrogens with two attached hydrogens (primary N) is 1. The number of esters is 1. The first-order valence-electron chi connectivity index (χ1n) is 12.7. The zero-order chi connectivity index (χ0) is 29.1. The van der Waals surface area contributed by atoms with Gasteiger partial charge in [0.05, 0.1) is 35.1 Å². The Morgan fingerprint density at radius 2 is 1.56 bits per heavy atom. The van der Waals surface area contributed by atoms with E-state index in [1.54, 1.807) is 84.7 Å². The maximum Gasteiger partial charge on any atom is 0.337 e. The number of fused-ring (bicyclic) bond motifs is 1. The highest BCUT2D eigenvalue weighted by molar-refractivity contribution is 6.20. The van der Waals surface area contributed by atoms with Gasteiger partial charge < -0.3 is 15.0 Å². The number of pyridine rings is 3. The number of ether oxygens (including phenoxy) is 1. The highest BCUT2D eigenvalue weighted by Crippen LogP contribution is 2.39. The lowest BCUT2D eigenvalue weighted by Crippen LogP contribution is -2.36. The third-order valence-corrected chi connectivity index (χ3v) is 6.89. The maximum absolute atomic E-state index is 12.6. The van der Waals surface area contributed by atoms with Gasteiger partial charge in [-0.3, -0.25) is 19.7 Å². The van der Waals surface area contributed by atoms with Crippen molar-refractivity contribution in [3.8, 4) is 17.2 Å². The molecule has 0 aliphatic heterocycles. The van der Waals surface area contributed by atoms with Gasteiger partial charge >= 0.3 is 5.97 Å². The molecule has 0 spiro atoms. The van der Waals surface area contributed by atoms with Crippen molar-refractivity contribution in [2.75, 3.05) is 7.11 Å². The van der Waals surface area contributed by atoms with Crippen LogP contribution in [0.5, 0.6) is 0 Å². The fraction of sp³-hybridized carbons (Fsp3) is 0.125. The summed E-state index contributed by atoms with van der Waals surface area (Å²) in [6.45, 7) is 3.11. The summed E-state index contributed by atoms with van der Waals surface area (Å²) in [5, 5.41) is 10.9. The normalized spacial score (nSPS) is 12.0. The van der Waals surface area contributed by atoms with Gasteiger partial charge in [0.15, 0.2) is 5.78 Å². The molecule has 0 saturated heterocycles. The zero-order valence-corrected chi connectivity index (χ0v) is 22.7. The highest BCUT2D eigenvalue weighted by atomic mass is 16.5. The zero-order valence-electron chi connectivity index (χ0n) is 22.7. The Morgan fingerprint density at radius 3 is 2.05 bits per heavy atom. The van der Waals surface area contributed by atoms with E-state index in [2.05, 4.69) is 16.0 Å². The number of rotatable bonds is 7. The number of benzene rings is 1. The van der Waals surface area contributed by atoms with E-state index in [1.165, 1.54) is 14.0 Å². The van der Waals surface area contributed by atoms with Crippen molar-refractivity contribution in [2.24, 2.45) is 5.73 Å². The monoisotopic (exact) mass is 542 g/mol. The van der Waals surface area contributed by atoms with E-state index < -0.39 is 11.5 Å². The summed E-state index contributed by atoms with van der Waals surface area (Å²) in [4.78, 5) is 38.5. The average Bonchev–Trinajstić information content (AvgIpc) is 3.37. The average molecular weight is 543 g/mol. The number of ketones is 1. The summed E-state index contributed by atoms with van der Waals surface area (Å²) in [5.74, 6) is -0.653. The van der Waals surface area contributed by atoms with Gasteiger partial charge in [0.1, 0.15) is 6.07 Å². The SMILES string of the molecule is COC(=O)c1ccc(-c2cn(C(C#N)(c3ccccn3)c3ccccn3)c3cc(C(C(C)=O)=C(C)N)cnc23)cc1. The standard InChI is InChI=1S/C32H26N6O3/c1-20(34)29(21(2)39)24-16-26-30(37-17-24)25(22-10-12-23(13-11-22)31(40)41-3)18-38(26)32(19-33,27-8-4-6-14-35-27)28-9-5-7-15-36-28/h4-18H,34H2,1-3H3. The molecule has 0 atom stereocenters. The molecule has 41 heavy (non-hydrogen) atoms. The van der Waals surface area contributed by atoms with E-state index >= 15 is 0 Å². The second-order valence-corrected chi connectivity index (χ2v) is 9.44. The molecule has 5 aromatic rings. The molecule has 1 aromatic carbocycles.